The second-order valence-corrected chi connectivity index (χ2v) is 5.17. The van der Waals surface area contributed by atoms with Gasteiger partial charge >= 0.3 is 0 Å². The van der Waals surface area contributed by atoms with Crippen LogP contribution in [-0.4, -0.2) is 18.1 Å². The summed E-state index contributed by atoms with van der Waals surface area (Å²) in [6.45, 7) is 5.44. The third-order valence-corrected chi connectivity index (χ3v) is 3.82. The van der Waals surface area contributed by atoms with Gasteiger partial charge in [0, 0.05) is 18.0 Å². The van der Waals surface area contributed by atoms with Crippen LogP contribution in [0.5, 0.6) is 0 Å². The number of nitrogens with one attached hydrogen (secondary N) is 1. The number of thioether (sulfide) groups is 1. The minimum atomic E-state index is -0.184. The van der Waals surface area contributed by atoms with E-state index in [1.165, 1.54) is 24.3 Å². The molecule has 1 atom stereocenters. The van der Waals surface area contributed by atoms with E-state index in [-0.39, 0.29) is 5.82 Å². The smallest absolute Gasteiger partial charge is 0.123 e. The molecule has 0 heterocycles. The fraction of sp³-hybridized carbons (Fsp3) is 0.538. The molecule has 0 aliphatic rings. The standard InChI is InChI=1S/C13H20FNS/c1-3-11(2)10-16-9-8-15-13-6-4-12(14)5-7-13/h4-7,11,15H,3,8-10H2,1-2H3. The van der Waals surface area contributed by atoms with Crippen molar-refractivity contribution in [2.75, 3.05) is 23.4 Å². The molecule has 3 heteroatoms. The number of anilines is 1. The van der Waals surface area contributed by atoms with Crippen LogP contribution in [0.15, 0.2) is 24.3 Å². The molecule has 1 N–H and O–H groups in total. The summed E-state index contributed by atoms with van der Waals surface area (Å²) in [5, 5.41) is 3.28. The highest BCUT2D eigenvalue weighted by atomic mass is 32.2. The largest absolute Gasteiger partial charge is 0.384 e. The Balaban J connectivity index is 2.09. The van der Waals surface area contributed by atoms with E-state index in [1.54, 1.807) is 12.1 Å². The zero-order chi connectivity index (χ0) is 11.8. The van der Waals surface area contributed by atoms with Crippen LogP contribution in [0.3, 0.4) is 0 Å². The van der Waals surface area contributed by atoms with E-state index in [1.807, 2.05) is 11.8 Å². The van der Waals surface area contributed by atoms with Gasteiger partial charge in [-0.3, -0.25) is 0 Å². The highest BCUT2D eigenvalue weighted by Crippen LogP contribution is 2.12. The Bertz CT molecular complexity index is 286. The van der Waals surface area contributed by atoms with Crippen molar-refractivity contribution in [1.29, 1.82) is 0 Å². The number of rotatable bonds is 7. The van der Waals surface area contributed by atoms with Gasteiger partial charge in [0.15, 0.2) is 0 Å². The first-order chi connectivity index (χ1) is 7.72. The molecule has 0 saturated heterocycles. The SMILES string of the molecule is CCC(C)CSCCNc1ccc(F)cc1. The maximum Gasteiger partial charge on any atom is 0.123 e. The minimum Gasteiger partial charge on any atom is -0.384 e. The molecule has 0 fully saturated rings. The van der Waals surface area contributed by atoms with Gasteiger partial charge in [0.25, 0.3) is 0 Å². The maximum absolute atomic E-state index is 12.6. The van der Waals surface area contributed by atoms with Gasteiger partial charge in [-0.25, -0.2) is 4.39 Å². The fourth-order valence-electron chi connectivity index (χ4n) is 1.24. The van der Waals surface area contributed by atoms with E-state index < -0.39 is 0 Å². The second kappa shape index (κ2) is 7.55. The number of hydrogen-bond donors (Lipinski definition) is 1. The van der Waals surface area contributed by atoms with Gasteiger partial charge in [0.2, 0.25) is 0 Å². The van der Waals surface area contributed by atoms with Crippen LogP contribution in [0.1, 0.15) is 20.3 Å². The average Bonchev–Trinajstić information content (AvgIpc) is 2.31. The van der Waals surface area contributed by atoms with E-state index in [9.17, 15) is 4.39 Å². The summed E-state index contributed by atoms with van der Waals surface area (Å²) >= 11 is 1.97. The molecular formula is C13H20FNS. The third-order valence-electron chi connectivity index (χ3n) is 2.52. The van der Waals surface area contributed by atoms with Crippen LogP contribution >= 0.6 is 11.8 Å². The lowest BCUT2D eigenvalue weighted by Crippen LogP contribution is -2.06. The Hall–Kier alpha value is -0.700. The van der Waals surface area contributed by atoms with Crippen molar-refractivity contribution in [1.82, 2.24) is 0 Å². The topological polar surface area (TPSA) is 12.0 Å². The van der Waals surface area contributed by atoms with Gasteiger partial charge in [0.1, 0.15) is 5.82 Å². The Kier molecular flexibility index (Phi) is 6.31. The summed E-state index contributed by atoms with van der Waals surface area (Å²) in [5.41, 5.74) is 0.991. The monoisotopic (exact) mass is 241 g/mol. The zero-order valence-electron chi connectivity index (χ0n) is 10.0. The molecule has 0 aromatic heterocycles. The summed E-state index contributed by atoms with van der Waals surface area (Å²) in [4.78, 5) is 0. The van der Waals surface area contributed by atoms with Crippen LogP contribution in [0, 0.1) is 11.7 Å². The maximum atomic E-state index is 12.6. The van der Waals surface area contributed by atoms with Crippen molar-refractivity contribution >= 4 is 17.4 Å². The van der Waals surface area contributed by atoms with E-state index >= 15 is 0 Å². The van der Waals surface area contributed by atoms with Gasteiger partial charge in [-0.15, -0.1) is 0 Å². The van der Waals surface area contributed by atoms with Crippen molar-refractivity contribution in [2.24, 2.45) is 5.92 Å². The molecule has 1 aromatic rings. The molecule has 1 unspecified atom stereocenters. The van der Waals surface area contributed by atoms with Gasteiger partial charge in [-0.2, -0.15) is 11.8 Å². The normalized spacial score (nSPS) is 12.4. The van der Waals surface area contributed by atoms with E-state index in [0.29, 0.717) is 0 Å². The number of benzene rings is 1. The van der Waals surface area contributed by atoms with Gasteiger partial charge < -0.3 is 5.32 Å². The highest BCUT2D eigenvalue weighted by Gasteiger charge is 1.98. The Morgan fingerprint density at radius 1 is 1.31 bits per heavy atom. The van der Waals surface area contributed by atoms with Crippen LogP contribution < -0.4 is 5.32 Å². The summed E-state index contributed by atoms with van der Waals surface area (Å²) < 4.78 is 12.6. The molecule has 0 radical (unpaired) electrons. The zero-order valence-corrected chi connectivity index (χ0v) is 10.8. The quantitative estimate of drug-likeness (QED) is 0.724. The van der Waals surface area contributed by atoms with E-state index in [4.69, 9.17) is 0 Å². The summed E-state index contributed by atoms with van der Waals surface area (Å²) in [7, 11) is 0. The summed E-state index contributed by atoms with van der Waals surface area (Å²) in [6.07, 6.45) is 1.25. The van der Waals surface area contributed by atoms with Crippen molar-refractivity contribution in [3.05, 3.63) is 30.1 Å². The first-order valence-corrected chi connectivity index (χ1v) is 6.95. The highest BCUT2D eigenvalue weighted by molar-refractivity contribution is 7.99. The van der Waals surface area contributed by atoms with Gasteiger partial charge in [-0.05, 0) is 35.9 Å². The number of hydrogen-bond acceptors (Lipinski definition) is 2. The average molecular weight is 241 g/mol. The second-order valence-electron chi connectivity index (χ2n) is 4.02. The van der Waals surface area contributed by atoms with Gasteiger partial charge in [0.05, 0.1) is 0 Å². The molecule has 16 heavy (non-hydrogen) atoms. The summed E-state index contributed by atoms with van der Waals surface area (Å²) in [6, 6.07) is 6.51. The predicted octanol–water partition coefficient (Wildman–Crippen LogP) is 4.02. The Morgan fingerprint density at radius 2 is 2.00 bits per heavy atom. The van der Waals surface area contributed by atoms with Crippen LogP contribution in [0.2, 0.25) is 0 Å². The summed E-state index contributed by atoms with van der Waals surface area (Å²) in [5.74, 6) is 2.94. The molecule has 0 aliphatic carbocycles. The first-order valence-electron chi connectivity index (χ1n) is 5.79. The van der Waals surface area contributed by atoms with Crippen LogP contribution in [-0.2, 0) is 0 Å². The molecule has 0 aliphatic heterocycles. The third kappa shape index (κ3) is 5.40. The molecule has 0 saturated carbocycles. The molecular weight excluding hydrogens is 221 g/mol. The van der Waals surface area contributed by atoms with Gasteiger partial charge in [-0.1, -0.05) is 20.3 Å². The Labute approximate surface area is 102 Å². The molecule has 90 valence electrons. The first kappa shape index (κ1) is 13.4. The molecule has 0 amide bonds. The van der Waals surface area contributed by atoms with E-state index in [0.717, 1.165) is 23.9 Å². The minimum absolute atomic E-state index is 0.184. The lowest BCUT2D eigenvalue weighted by atomic mass is 10.2. The van der Waals surface area contributed by atoms with Crippen molar-refractivity contribution in [2.45, 2.75) is 20.3 Å². The Morgan fingerprint density at radius 3 is 2.62 bits per heavy atom. The lowest BCUT2D eigenvalue weighted by Gasteiger charge is -2.09. The van der Waals surface area contributed by atoms with Crippen molar-refractivity contribution in [3.8, 4) is 0 Å². The van der Waals surface area contributed by atoms with Crippen LogP contribution in [0.25, 0.3) is 0 Å². The van der Waals surface area contributed by atoms with Crippen molar-refractivity contribution in [3.63, 3.8) is 0 Å². The fourth-order valence-corrected chi connectivity index (χ4v) is 2.29. The molecule has 1 nitrogen and oxygen atoms in total. The van der Waals surface area contributed by atoms with E-state index in [2.05, 4.69) is 19.2 Å². The molecule has 0 spiro atoms. The molecule has 1 aromatic carbocycles. The number of halogens is 1. The van der Waals surface area contributed by atoms with Crippen molar-refractivity contribution < 1.29 is 4.39 Å². The molecule has 0 bridgehead atoms. The predicted molar refractivity (Wildman–Crippen MR) is 71.7 cm³/mol. The lowest BCUT2D eigenvalue weighted by molar-refractivity contribution is 0.628. The van der Waals surface area contributed by atoms with Crippen LogP contribution in [0.4, 0.5) is 10.1 Å². The molecule has 1 rings (SSSR count).